The molecule has 2 heterocycles. The van der Waals surface area contributed by atoms with Crippen molar-refractivity contribution in [2.75, 3.05) is 5.32 Å². The van der Waals surface area contributed by atoms with Crippen LogP contribution in [0.25, 0.3) is 22.4 Å². The largest absolute Gasteiger partial charge is 0.366 e. The van der Waals surface area contributed by atoms with Crippen molar-refractivity contribution in [3.63, 3.8) is 0 Å². The van der Waals surface area contributed by atoms with Crippen LogP contribution in [-0.4, -0.2) is 15.0 Å². The van der Waals surface area contributed by atoms with E-state index in [2.05, 4.69) is 20.3 Å². The predicted octanol–water partition coefficient (Wildman–Crippen LogP) is 4.96. The van der Waals surface area contributed by atoms with E-state index in [1.165, 1.54) is 0 Å². The van der Waals surface area contributed by atoms with Crippen LogP contribution in [0.2, 0.25) is 5.02 Å². The topological polar surface area (TPSA) is 50.7 Å². The van der Waals surface area contributed by atoms with Crippen LogP contribution in [0.1, 0.15) is 5.56 Å². The maximum Gasteiger partial charge on any atom is 0.180 e. The highest BCUT2D eigenvalue weighted by Crippen LogP contribution is 2.19. The van der Waals surface area contributed by atoms with Gasteiger partial charge in [-0.1, -0.05) is 54.1 Å². The Morgan fingerprint density at radius 1 is 0.880 bits per heavy atom. The lowest BCUT2D eigenvalue weighted by Crippen LogP contribution is -2.02. The first-order chi connectivity index (χ1) is 12.3. The van der Waals surface area contributed by atoms with Crippen LogP contribution in [0.3, 0.4) is 0 Å². The van der Waals surface area contributed by atoms with Crippen molar-refractivity contribution < 1.29 is 0 Å². The van der Waals surface area contributed by atoms with Gasteiger partial charge in [-0.2, -0.15) is 0 Å². The third-order valence-electron chi connectivity index (χ3n) is 3.84. The molecule has 4 nitrogen and oxygen atoms in total. The number of anilines is 1. The molecule has 0 saturated carbocycles. The molecule has 4 rings (SSSR count). The summed E-state index contributed by atoms with van der Waals surface area (Å²) in [5, 5.41) is 4.03. The van der Waals surface area contributed by atoms with Crippen molar-refractivity contribution >= 4 is 28.6 Å². The number of rotatable bonds is 4. The molecule has 0 unspecified atom stereocenters. The Bertz CT molecular complexity index is 1020. The third-order valence-corrected chi connectivity index (χ3v) is 4.07. The smallest absolute Gasteiger partial charge is 0.180 e. The van der Waals surface area contributed by atoms with Gasteiger partial charge < -0.3 is 5.32 Å². The van der Waals surface area contributed by atoms with Gasteiger partial charge in [-0.3, -0.25) is 4.98 Å². The quantitative estimate of drug-likeness (QED) is 0.567. The Morgan fingerprint density at radius 2 is 1.76 bits per heavy atom. The van der Waals surface area contributed by atoms with Gasteiger partial charge in [-0.15, -0.1) is 0 Å². The molecule has 0 radical (unpaired) electrons. The molecule has 4 aromatic rings. The first-order valence-electron chi connectivity index (χ1n) is 7.95. The fourth-order valence-electron chi connectivity index (χ4n) is 2.58. The van der Waals surface area contributed by atoms with Gasteiger partial charge in [0, 0.05) is 17.1 Å². The first-order valence-corrected chi connectivity index (χ1v) is 8.33. The molecular weight excluding hydrogens is 332 g/mol. The molecule has 0 saturated heterocycles. The summed E-state index contributed by atoms with van der Waals surface area (Å²) in [4.78, 5) is 13.7. The van der Waals surface area contributed by atoms with Crippen LogP contribution in [0.5, 0.6) is 0 Å². The molecule has 5 heteroatoms. The van der Waals surface area contributed by atoms with Crippen molar-refractivity contribution in [3.8, 4) is 11.3 Å². The molecule has 0 atom stereocenters. The minimum atomic E-state index is 0.623. The summed E-state index contributed by atoms with van der Waals surface area (Å²) in [6.45, 7) is 0.644. The molecule has 0 aliphatic heterocycles. The van der Waals surface area contributed by atoms with Gasteiger partial charge in [0.1, 0.15) is 11.3 Å². The number of halogens is 1. The normalized spacial score (nSPS) is 10.8. The van der Waals surface area contributed by atoms with Crippen molar-refractivity contribution in [1.82, 2.24) is 15.0 Å². The summed E-state index contributed by atoms with van der Waals surface area (Å²) in [7, 11) is 0. The van der Waals surface area contributed by atoms with Crippen LogP contribution in [0, 0.1) is 0 Å². The lowest BCUT2D eigenvalue weighted by Gasteiger charge is -2.07. The van der Waals surface area contributed by atoms with E-state index >= 15 is 0 Å². The molecule has 122 valence electrons. The van der Waals surface area contributed by atoms with Gasteiger partial charge in [-0.25, -0.2) is 9.97 Å². The summed E-state index contributed by atoms with van der Waals surface area (Å²) in [6.07, 6.45) is 1.78. The van der Waals surface area contributed by atoms with Crippen LogP contribution >= 0.6 is 11.6 Å². The van der Waals surface area contributed by atoms with Crippen molar-refractivity contribution in [2.24, 2.45) is 0 Å². The van der Waals surface area contributed by atoms with Crippen LogP contribution in [0.15, 0.2) is 72.9 Å². The van der Waals surface area contributed by atoms with E-state index in [-0.39, 0.29) is 0 Å². The number of hydrogen-bond donors (Lipinski definition) is 1. The summed E-state index contributed by atoms with van der Waals surface area (Å²) >= 11 is 6.02. The predicted molar refractivity (Wildman–Crippen MR) is 102 cm³/mol. The number of hydrogen-bond acceptors (Lipinski definition) is 4. The van der Waals surface area contributed by atoms with E-state index in [1.807, 2.05) is 66.7 Å². The number of fused-ring (bicyclic) bond motifs is 1. The molecule has 0 bridgehead atoms. The average molecular weight is 347 g/mol. The fraction of sp³-hybridized carbons (Fsp3) is 0.0500. The Kier molecular flexibility index (Phi) is 4.27. The first kappa shape index (κ1) is 15.5. The van der Waals surface area contributed by atoms with Crippen LogP contribution < -0.4 is 5.32 Å². The zero-order valence-corrected chi connectivity index (χ0v) is 14.1. The summed E-state index contributed by atoms with van der Waals surface area (Å²) in [6, 6.07) is 21.5. The standard InChI is InChI=1S/C20H15ClN4/c21-16-8-4-5-14(11-16)12-23-19-10-9-17-20(25-19)24-18(13-22-17)15-6-2-1-3-7-15/h1-11,13H,12H2,(H,23,24,25). The average Bonchev–Trinajstić information content (AvgIpc) is 2.66. The second-order valence-electron chi connectivity index (χ2n) is 5.64. The molecule has 0 fully saturated rings. The molecule has 25 heavy (non-hydrogen) atoms. The number of benzene rings is 2. The molecule has 1 N–H and O–H groups in total. The zero-order valence-electron chi connectivity index (χ0n) is 13.4. The van der Waals surface area contributed by atoms with Crippen molar-refractivity contribution in [3.05, 3.63) is 83.5 Å². The van der Waals surface area contributed by atoms with Crippen LogP contribution in [0.4, 0.5) is 5.82 Å². The molecular formula is C20H15ClN4. The van der Waals surface area contributed by atoms with E-state index < -0.39 is 0 Å². The fourth-order valence-corrected chi connectivity index (χ4v) is 2.80. The van der Waals surface area contributed by atoms with Gasteiger partial charge in [0.05, 0.1) is 11.9 Å². The summed E-state index contributed by atoms with van der Waals surface area (Å²) < 4.78 is 0. The lowest BCUT2D eigenvalue weighted by atomic mass is 10.2. The van der Waals surface area contributed by atoms with E-state index in [0.29, 0.717) is 12.2 Å². The molecule has 2 aromatic heterocycles. The Hall–Kier alpha value is -2.98. The van der Waals surface area contributed by atoms with Crippen LogP contribution in [-0.2, 0) is 6.54 Å². The number of aromatic nitrogens is 3. The van der Waals surface area contributed by atoms with Gasteiger partial charge in [0.25, 0.3) is 0 Å². The molecule has 0 amide bonds. The SMILES string of the molecule is Clc1cccc(CNc2ccc3ncc(-c4ccccc4)nc3n2)c1. The van der Waals surface area contributed by atoms with Crippen molar-refractivity contribution in [2.45, 2.75) is 6.54 Å². The zero-order chi connectivity index (χ0) is 17.1. The highest BCUT2D eigenvalue weighted by Gasteiger charge is 2.05. The van der Waals surface area contributed by atoms with Gasteiger partial charge >= 0.3 is 0 Å². The second kappa shape index (κ2) is 6.87. The molecule has 0 aliphatic carbocycles. The number of pyridine rings is 1. The highest BCUT2D eigenvalue weighted by atomic mass is 35.5. The number of nitrogens with one attached hydrogen (secondary N) is 1. The summed E-state index contributed by atoms with van der Waals surface area (Å²) in [5.41, 5.74) is 4.33. The molecule has 0 aliphatic rings. The number of nitrogens with zero attached hydrogens (tertiary/aromatic N) is 3. The molecule has 0 spiro atoms. The summed E-state index contributed by atoms with van der Waals surface area (Å²) in [5.74, 6) is 0.756. The van der Waals surface area contributed by atoms with E-state index in [0.717, 1.165) is 33.2 Å². The Morgan fingerprint density at radius 3 is 2.60 bits per heavy atom. The maximum absolute atomic E-state index is 6.02. The van der Waals surface area contributed by atoms with E-state index in [1.54, 1.807) is 6.20 Å². The Balaban J connectivity index is 1.60. The second-order valence-corrected chi connectivity index (χ2v) is 6.08. The van der Waals surface area contributed by atoms with E-state index in [4.69, 9.17) is 11.6 Å². The lowest BCUT2D eigenvalue weighted by molar-refractivity contribution is 1.11. The minimum Gasteiger partial charge on any atom is -0.366 e. The van der Waals surface area contributed by atoms with Gasteiger partial charge in [0.2, 0.25) is 0 Å². The monoisotopic (exact) mass is 346 g/mol. The Labute approximate surface area is 150 Å². The maximum atomic E-state index is 6.02. The molecule has 2 aromatic carbocycles. The van der Waals surface area contributed by atoms with Gasteiger partial charge in [-0.05, 0) is 29.8 Å². The van der Waals surface area contributed by atoms with E-state index in [9.17, 15) is 0 Å². The van der Waals surface area contributed by atoms with Crippen molar-refractivity contribution in [1.29, 1.82) is 0 Å². The third kappa shape index (κ3) is 3.59. The highest BCUT2D eigenvalue weighted by molar-refractivity contribution is 6.30. The minimum absolute atomic E-state index is 0.623. The van der Waals surface area contributed by atoms with Gasteiger partial charge in [0.15, 0.2) is 5.65 Å².